The Kier molecular flexibility index (Phi) is 4.21. The Balaban J connectivity index is 2.38. The van der Waals surface area contributed by atoms with Gasteiger partial charge in [0.05, 0.1) is 5.75 Å². The standard InChI is InChI=1S/C8H16N4OS/c1-7(9)3-4-14(13)5-8-10-6-11-12(8)2/h6-7H,3-5,9H2,1-2H3. The molecule has 0 aliphatic carbocycles. The van der Waals surface area contributed by atoms with Crippen LogP contribution in [0.25, 0.3) is 0 Å². The third kappa shape index (κ3) is 3.55. The molecule has 5 nitrogen and oxygen atoms in total. The molecule has 0 aromatic carbocycles. The van der Waals surface area contributed by atoms with Crippen molar-refractivity contribution in [1.82, 2.24) is 14.8 Å². The molecule has 14 heavy (non-hydrogen) atoms. The molecule has 6 heteroatoms. The summed E-state index contributed by atoms with van der Waals surface area (Å²) in [6, 6.07) is 0.110. The summed E-state index contributed by atoms with van der Waals surface area (Å²) in [6.45, 7) is 1.92. The number of nitrogens with two attached hydrogens (primary N) is 1. The molecule has 2 N–H and O–H groups in total. The molecule has 0 aliphatic heterocycles. The van der Waals surface area contributed by atoms with Gasteiger partial charge in [-0.05, 0) is 13.3 Å². The molecule has 0 saturated carbocycles. The van der Waals surface area contributed by atoms with E-state index in [-0.39, 0.29) is 6.04 Å². The molecule has 1 heterocycles. The molecule has 0 amide bonds. The van der Waals surface area contributed by atoms with Crippen molar-refractivity contribution in [2.24, 2.45) is 12.8 Å². The number of hydrogen-bond donors (Lipinski definition) is 1. The Bertz CT molecular complexity index is 310. The van der Waals surface area contributed by atoms with Crippen LogP contribution in [-0.4, -0.2) is 30.8 Å². The van der Waals surface area contributed by atoms with Crippen LogP contribution in [0, 0.1) is 0 Å². The van der Waals surface area contributed by atoms with Crippen LogP contribution in [-0.2, 0) is 23.6 Å². The second kappa shape index (κ2) is 5.21. The van der Waals surface area contributed by atoms with Crippen LogP contribution in [0.3, 0.4) is 0 Å². The minimum absolute atomic E-state index is 0.110. The first-order valence-electron chi connectivity index (χ1n) is 4.53. The number of rotatable bonds is 5. The van der Waals surface area contributed by atoms with Crippen molar-refractivity contribution in [2.45, 2.75) is 25.1 Å². The van der Waals surface area contributed by atoms with Gasteiger partial charge in [0.2, 0.25) is 0 Å². The minimum atomic E-state index is -0.884. The van der Waals surface area contributed by atoms with Crippen LogP contribution in [0.15, 0.2) is 6.33 Å². The Labute approximate surface area is 86.2 Å². The first-order valence-corrected chi connectivity index (χ1v) is 6.02. The van der Waals surface area contributed by atoms with Gasteiger partial charge in [0.25, 0.3) is 0 Å². The average molecular weight is 216 g/mol. The maximum Gasteiger partial charge on any atom is 0.139 e. The van der Waals surface area contributed by atoms with E-state index in [1.54, 1.807) is 11.7 Å². The van der Waals surface area contributed by atoms with Gasteiger partial charge in [0.1, 0.15) is 12.2 Å². The summed E-state index contributed by atoms with van der Waals surface area (Å²) in [6.07, 6.45) is 2.25. The zero-order chi connectivity index (χ0) is 10.6. The van der Waals surface area contributed by atoms with Crippen molar-refractivity contribution in [3.63, 3.8) is 0 Å². The molecule has 1 aromatic rings. The predicted molar refractivity (Wildman–Crippen MR) is 56.0 cm³/mol. The SMILES string of the molecule is CC(N)CCS(=O)Cc1ncnn1C. The van der Waals surface area contributed by atoms with E-state index in [0.717, 1.165) is 12.2 Å². The molecule has 2 unspecified atom stereocenters. The maximum absolute atomic E-state index is 11.5. The van der Waals surface area contributed by atoms with Crippen LogP contribution in [0.1, 0.15) is 19.2 Å². The summed E-state index contributed by atoms with van der Waals surface area (Å²) in [5, 5.41) is 3.91. The van der Waals surface area contributed by atoms with E-state index in [1.165, 1.54) is 6.33 Å². The monoisotopic (exact) mass is 216 g/mol. The first-order chi connectivity index (χ1) is 6.59. The predicted octanol–water partition coefficient (Wildman–Crippen LogP) is -0.199. The molecule has 0 fully saturated rings. The minimum Gasteiger partial charge on any atom is -0.328 e. The number of hydrogen-bond acceptors (Lipinski definition) is 4. The normalized spacial score (nSPS) is 15.4. The highest BCUT2D eigenvalue weighted by Gasteiger charge is 2.07. The quantitative estimate of drug-likeness (QED) is 0.740. The van der Waals surface area contributed by atoms with E-state index in [2.05, 4.69) is 10.1 Å². The number of nitrogens with zero attached hydrogens (tertiary/aromatic N) is 3. The average Bonchev–Trinajstić information content (AvgIpc) is 2.49. The molecule has 0 aliphatic rings. The lowest BCUT2D eigenvalue weighted by Gasteiger charge is -2.04. The van der Waals surface area contributed by atoms with Crippen molar-refractivity contribution < 1.29 is 4.21 Å². The number of aryl methyl sites for hydroxylation is 1. The molecule has 80 valence electrons. The van der Waals surface area contributed by atoms with E-state index < -0.39 is 10.8 Å². The zero-order valence-electron chi connectivity index (χ0n) is 8.51. The summed E-state index contributed by atoms with van der Waals surface area (Å²) < 4.78 is 13.2. The summed E-state index contributed by atoms with van der Waals surface area (Å²) in [7, 11) is 0.913. The Morgan fingerprint density at radius 1 is 1.71 bits per heavy atom. The fraction of sp³-hybridized carbons (Fsp3) is 0.750. The third-order valence-corrected chi connectivity index (χ3v) is 3.17. The number of aromatic nitrogens is 3. The van der Waals surface area contributed by atoms with Crippen LogP contribution in [0.4, 0.5) is 0 Å². The topological polar surface area (TPSA) is 73.8 Å². The lowest BCUT2D eigenvalue weighted by Crippen LogP contribution is -2.18. The van der Waals surface area contributed by atoms with E-state index >= 15 is 0 Å². The van der Waals surface area contributed by atoms with Crippen LogP contribution < -0.4 is 5.73 Å². The van der Waals surface area contributed by atoms with Crippen molar-refractivity contribution in [1.29, 1.82) is 0 Å². The lowest BCUT2D eigenvalue weighted by molar-refractivity contribution is 0.661. The third-order valence-electron chi connectivity index (χ3n) is 1.90. The molecular formula is C8H16N4OS. The summed E-state index contributed by atoms with van der Waals surface area (Å²) in [5.41, 5.74) is 5.58. The summed E-state index contributed by atoms with van der Waals surface area (Å²) >= 11 is 0. The van der Waals surface area contributed by atoms with E-state index in [9.17, 15) is 4.21 Å². The van der Waals surface area contributed by atoms with Gasteiger partial charge in [-0.3, -0.25) is 8.89 Å². The lowest BCUT2D eigenvalue weighted by atomic mass is 10.3. The first kappa shape index (κ1) is 11.3. The van der Waals surface area contributed by atoms with Gasteiger partial charge in [0.15, 0.2) is 0 Å². The molecule has 0 spiro atoms. The highest BCUT2D eigenvalue weighted by Crippen LogP contribution is 2.00. The molecule has 0 bridgehead atoms. The van der Waals surface area contributed by atoms with Crippen LogP contribution in [0.2, 0.25) is 0 Å². The molecule has 0 saturated heterocycles. The molecule has 2 atom stereocenters. The molecule has 1 aromatic heterocycles. The second-order valence-electron chi connectivity index (χ2n) is 3.35. The second-order valence-corrected chi connectivity index (χ2v) is 4.93. The van der Waals surface area contributed by atoms with E-state index in [4.69, 9.17) is 5.73 Å². The van der Waals surface area contributed by atoms with Gasteiger partial charge in [-0.2, -0.15) is 5.10 Å². The van der Waals surface area contributed by atoms with Crippen molar-refractivity contribution >= 4 is 10.8 Å². The van der Waals surface area contributed by atoms with Crippen molar-refractivity contribution in [2.75, 3.05) is 5.75 Å². The van der Waals surface area contributed by atoms with Gasteiger partial charge in [-0.15, -0.1) is 0 Å². The summed E-state index contributed by atoms with van der Waals surface area (Å²) in [5.74, 6) is 1.85. The summed E-state index contributed by atoms with van der Waals surface area (Å²) in [4.78, 5) is 4.01. The Morgan fingerprint density at radius 2 is 2.43 bits per heavy atom. The van der Waals surface area contributed by atoms with E-state index in [1.807, 2.05) is 6.92 Å². The van der Waals surface area contributed by atoms with Gasteiger partial charge in [-0.1, -0.05) is 0 Å². The van der Waals surface area contributed by atoms with Crippen LogP contribution >= 0.6 is 0 Å². The molecular weight excluding hydrogens is 200 g/mol. The highest BCUT2D eigenvalue weighted by molar-refractivity contribution is 7.84. The largest absolute Gasteiger partial charge is 0.328 e. The van der Waals surface area contributed by atoms with Gasteiger partial charge in [-0.25, -0.2) is 4.98 Å². The maximum atomic E-state index is 11.5. The van der Waals surface area contributed by atoms with Crippen molar-refractivity contribution in [3.05, 3.63) is 12.2 Å². The molecule has 0 radical (unpaired) electrons. The smallest absolute Gasteiger partial charge is 0.139 e. The van der Waals surface area contributed by atoms with Gasteiger partial charge < -0.3 is 5.73 Å². The fourth-order valence-corrected chi connectivity index (χ4v) is 2.31. The Hall–Kier alpha value is -0.750. The zero-order valence-corrected chi connectivity index (χ0v) is 9.33. The van der Waals surface area contributed by atoms with Gasteiger partial charge in [0, 0.05) is 29.6 Å². The molecule has 1 rings (SSSR count). The van der Waals surface area contributed by atoms with Crippen molar-refractivity contribution in [3.8, 4) is 0 Å². The highest BCUT2D eigenvalue weighted by atomic mass is 32.2. The fourth-order valence-electron chi connectivity index (χ4n) is 0.984. The van der Waals surface area contributed by atoms with Crippen LogP contribution in [0.5, 0.6) is 0 Å². The van der Waals surface area contributed by atoms with E-state index in [0.29, 0.717) is 11.5 Å². The Morgan fingerprint density at radius 3 is 2.93 bits per heavy atom. The van der Waals surface area contributed by atoms with Gasteiger partial charge >= 0.3 is 0 Å².